The minimum absolute atomic E-state index is 0.195. The molecule has 2 N–H and O–H groups in total. The predicted molar refractivity (Wildman–Crippen MR) is 89.3 cm³/mol. The molecule has 0 bridgehead atoms. The largest absolute Gasteiger partial charge is 0.479 e. The van der Waals surface area contributed by atoms with Crippen molar-refractivity contribution in [2.45, 2.75) is 50.6 Å². The Kier molecular flexibility index (Phi) is 5.87. The number of benzene rings is 1. The lowest BCUT2D eigenvalue weighted by Gasteiger charge is -2.46. The Balaban J connectivity index is 1.80. The molecule has 0 saturated carbocycles. The Morgan fingerprint density at radius 1 is 1.23 bits per heavy atom. The number of nitrogens with one attached hydrogen (secondary N) is 1. The van der Waals surface area contributed by atoms with Gasteiger partial charge >= 0.3 is 5.97 Å². The summed E-state index contributed by atoms with van der Waals surface area (Å²) in [6, 6.07) is 8.92. The third kappa shape index (κ3) is 4.21. The molecule has 2 fully saturated rings. The molecule has 2 heterocycles. The number of carboxylic acids is 1. The fraction of sp³-hybridized carbons (Fsp3) is 0.556. The molecule has 6 atom stereocenters. The Morgan fingerprint density at radius 3 is 2.62 bits per heavy atom. The highest BCUT2D eigenvalue weighted by atomic mass is 16.7. The van der Waals surface area contributed by atoms with Crippen molar-refractivity contribution in [3.8, 4) is 0 Å². The van der Waals surface area contributed by atoms with Gasteiger partial charge in [-0.1, -0.05) is 30.3 Å². The lowest BCUT2D eigenvalue weighted by molar-refractivity contribution is -0.310. The van der Waals surface area contributed by atoms with Crippen molar-refractivity contribution >= 4 is 11.9 Å². The lowest BCUT2D eigenvalue weighted by Crippen LogP contribution is -2.64. The number of rotatable bonds is 5. The number of ether oxygens (including phenoxy) is 4. The van der Waals surface area contributed by atoms with Gasteiger partial charge in [-0.15, -0.1) is 0 Å². The number of hydrogen-bond acceptors (Lipinski definition) is 6. The minimum atomic E-state index is -1.08. The van der Waals surface area contributed by atoms with Gasteiger partial charge in [0.1, 0.15) is 18.3 Å². The molecule has 142 valence electrons. The van der Waals surface area contributed by atoms with Crippen LogP contribution in [-0.2, 0) is 28.5 Å². The second-order valence-electron chi connectivity index (χ2n) is 6.44. The first-order valence-electron chi connectivity index (χ1n) is 8.54. The molecule has 2 saturated heterocycles. The highest BCUT2D eigenvalue weighted by Crippen LogP contribution is 2.33. The van der Waals surface area contributed by atoms with Crippen LogP contribution in [0.5, 0.6) is 0 Å². The van der Waals surface area contributed by atoms with Gasteiger partial charge in [0.2, 0.25) is 5.91 Å². The molecule has 2 aliphatic heterocycles. The summed E-state index contributed by atoms with van der Waals surface area (Å²) in [6.45, 7) is 3.33. The van der Waals surface area contributed by atoms with Gasteiger partial charge in [-0.05, 0) is 6.92 Å². The third-order valence-corrected chi connectivity index (χ3v) is 4.44. The third-order valence-electron chi connectivity index (χ3n) is 4.44. The molecule has 1 aromatic carbocycles. The Hall–Kier alpha value is -2.00. The first kappa shape index (κ1) is 18.8. The Morgan fingerprint density at radius 2 is 1.96 bits per heavy atom. The van der Waals surface area contributed by atoms with Gasteiger partial charge in [0.25, 0.3) is 0 Å². The average Bonchev–Trinajstić information content (AvgIpc) is 2.63. The maximum absolute atomic E-state index is 11.5. The molecule has 0 aromatic heterocycles. The topological polar surface area (TPSA) is 103 Å². The zero-order valence-corrected chi connectivity index (χ0v) is 14.7. The van der Waals surface area contributed by atoms with E-state index in [0.717, 1.165) is 5.56 Å². The van der Waals surface area contributed by atoms with Crippen LogP contribution in [0.25, 0.3) is 0 Å². The summed E-state index contributed by atoms with van der Waals surface area (Å²) < 4.78 is 23.3. The van der Waals surface area contributed by atoms with Gasteiger partial charge in [0.15, 0.2) is 12.4 Å². The summed E-state index contributed by atoms with van der Waals surface area (Å²) in [5.74, 6) is -1.33. The zero-order chi connectivity index (χ0) is 18.7. The van der Waals surface area contributed by atoms with Crippen molar-refractivity contribution in [1.82, 2.24) is 5.32 Å². The summed E-state index contributed by atoms with van der Waals surface area (Å²) in [5.41, 5.74) is 0.845. The van der Waals surface area contributed by atoms with Crippen molar-refractivity contribution in [3.63, 3.8) is 0 Å². The number of carboxylic acid groups (broad SMARTS) is 1. The molecule has 1 aromatic rings. The van der Waals surface area contributed by atoms with Gasteiger partial charge in [-0.3, -0.25) is 4.79 Å². The number of carbonyl (C=O) groups is 2. The van der Waals surface area contributed by atoms with Crippen molar-refractivity contribution < 1.29 is 33.6 Å². The summed E-state index contributed by atoms with van der Waals surface area (Å²) in [7, 11) is 0. The van der Waals surface area contributed by atoms with Crippen LogP contribution in [0.4, 0.5) is 0 Å². The summed E-state index contributed by atoms with van der Waals surface area (Å²) in [4.78, 5) is 22.8. The molecule has 3 rings (SSSR count). The first-order valence-corrected chi connectivity index (χ1v) is 8.54. The second-order valence-corrected chi connectivity index (χ2v) is 6.44. The van der Waals surface area contributed by atoms with Crippen LogP contribution in [-0.4, -0.2) is 60.7 Å². The minimum Gasteiger partial charge on any atom is -0.479 e. The van der Waals surface area contributed by atoms with Crippen LogP contribution < -0.4 is 5.32 Å². The summed E-state index contributed by atoms with van der Waals surface area (Å²) >= 11 is 0. The number of aliphatic carboxylic acids is 1. The van der Waals surface area contributed by atoms with E-state index in [4.69, 9.17) is 18.9 Å². The molecule has 26 heavy (non-hydrogen) atoms. The number of amides is 1. The van der Waals surface area contributed by atoms with Gasteiger partial charge in [0, 0.05) is 12.5 Å². The number of hydrogen-bond donors (Lipinski definition) is 2. The highest BCUT2D eigenvalue weighted by Gasteiger charge is 2.47. The molecule has 0 spiro atoms. The van der Waals surface area contributed by atoms with Crippen LogP contribution in [0.1, 0.15) is 25.7 Å². The van der Waals surface area contributed by atoms with E-state index >= 15 is 0 Å². The standard InChI is InChI=1S/C18H23NO7/c1-10(17(21)22)25-15-13(19-11(2)20)8-23-14-9-24-18(26-16(14)15)12-6-4-3-5-7-12/h3-7,10,13-16,18H,8-9H2,1-2H3,(H,19,20)(H,21,22)/t10?,13-,14+,15+,16+,18?/m0/s1. The molecule has 1 amide bonds. The van der Waals surface area contributed by atoms with Crippen LogP contribution in [0.2, 0.25) is 0 Å². The zero-order valence-electron chi connectivity index (χ0n) is 14.7. The van der Waals surface area contributed by atoms with E-state index in [1.807, 2.05) is 30.3 Å². The smallest absolute Gasteiger partial charge is 0.332 e. The Labute approximate surface area is 151 Å². The molecule has 8 nitrogen and oxygen atoms in total. The van der Waals surface area contributed by atoms with Crippen molar-refractivity contribution in [1.29, 1.82) is 0 Å². The number of fused-ring (bicyclic) bond motifs is 1. The summed E-state index contributed by atoms with van der Waals surface area (Å²) in [5, 5.41) is 12.0. The maximum Gasteiger partial charge on any atom is 0.332 e. The normalized spacial score (nSPS) is 32.3. The van der Waals surface area contributed by atoms with Crippen LogP contribution in [0, 0.1) is 0 Å². The summed E-state index contributed by atoms with van der Waals surface area (Å²) in [6.07, 6.45) is -3.29. The van der Waals surface area contributed by atoms with E-state index in [9.17, 15) is 14.7 Å². The maximum atomic E-state index is 11.5. The van der Waals surface area contributed by atoms with Gasteiger partial charge in [0.05, 0.1) is 19.3 Å². The van der Waals surface area contributed by atoms with Crippen molar-refractivity contribution in [2.75, 3.05) is 13.2 Å². The van der Waals surface area contributed by atoms with Gasteiger partial charge in [-0.25, -0.2) is 4.79 Å². The SMILES string of the molecule is CC(=O)N[C@H]1CO[C@@H]2COC(c3ccccc3)O[C@H]2[C@@H]1OC(C)C(=O)O. The van der Waals surface area contributed by atoms with E-state index < -0.39 is 42.7 Å². The lowest BCUT2D eigenvalue weighted by atomic mass is 9.96. The fourth-order valence-corrected chi connectivity index (χ4v) is 3.17. The Bertz CT molecular complexity index is 638. The molecule has 0 aliphatic carbocycles. The molecule has 0 radical (unpaired) electrons. The van der Waals surface area contributed by atoms with E-state index in [0.29, 0.717) is 6.61 Å². The van der Waals surface area contributed by atoms with Crippen molar-refractivity contribution in [2.24, 2.45) is 0 Å². The molecule has 8 heteroatoms. The quantitative estimate of drug-likeness (QED) is 0.798. The molecule has 2 unspecified atom stereocenters. The molecular weight excluding hydrogens is 342 g/mol. The molecule has 2 aliphatic rings. The fourth-order valence-electron chi connectivity index (χ4n) is 3.17. The predicted octanol–water partition coefficient (Wildman–Crippen LogP) is 0.862. The van der Waals surface area contributed by atoms with E-state index in [1.54, 1.807) is 0 Å². The average molecular weight is 365 g/mol. The van der Waals surface area contributed by atoms with E-state index in [2.05, 4.69) is 5.32 Å². The van der Waals surface area contributed by atoms with Crippen LogP contribution in [0.15, 0.2) is 30.3 Å². The van der Waals surface area contributed by atoms with Crippen molar-refractivity contribution in [3.05, 3.63) is 35.9 Å². The van der Waals surface area contributed by atoms with E-state index in [-0.39, 0.29) is 12.5 Å². The monoisotopic (exact) mass is 365 g/mol. The highest BCUT2D eigenvalue weighted by molar-refractivity contribution is 5.73. The van der Waals surface area contributed by atoms with Crippen LogP contribution >= 0.6 is 0 Å². The molecular formula is C18H23NO7. The van der Waals surface area contributed by atoms with Crippen LogP contribution in [0.3, 0.4) is 0 Å². The number of carbonyl (C=O) groups excluding carboxylic acids is 1. The first-order chi connectivity index (χ1) is 12.5. The second kappa shape index (κ2) is 8.13. The van der Waals surface area contributed by atoms with Gasteiger partial charge < -0.3 is 29.4 Å². The van der Waals surface area contributed by atoms with E-state index in [1.165, 1.54) is 13.8 Å². The van der Waals surface area contributed by atoms with Gasteiger partial charge in [-0.2, -0.15) is 0 Å².